The second-order valence-electron chi connectivity index (χ2n) is 4.62. The van der Waals surface area contributed by atoms with E-state index >= 15 is 0 Å². The van der Waals surface area contributed by atoms with Crippen molar-refractivity contribution in [3.63, 3.8) is 0 Å². The lowest BCUT2D eigenvalue weighted by molar-refractivity contribution is 0.395. The van der Waals surface area contributed by atoms with Gasteiger partial charge in [0.25, 0.3) is 0 Å². The molecule has 0 heterocycles. The Morgan fingerprint density at radius 1 is 1.10 bits per heavy atom. The number of anilines is 1. The van der Waals surface area contributed by atoms with Crippen LogP contribution in [0.2, 0.25) is 5.02 Å². The van der Waals surface area contributed by atoms with Crippen molar-refractivity contribution in [1.29, 1.82) is 0 Å². The number of aryl methyl sites for hydroxylation is 1. The molecule has 0 saturated carbocycles. The number of ether oxygens (including phenoxy) is 2. The molecule has 0 aromatic heterocycles. The minimum absolute atomic E-state index is 0.549. The fourth-order valence-electron chi connectivity index (χ4n) is 2.01. The van der Waals surface area contributed by atoms with Gasteiger partial charge >= 0.3 is 0 Å². The van der Waals surface area contributed by atoms with E-state index in [-0.39, 0.29) is 0 Å². The standard InChI is InChI=1S/C16H17BrClNO2/c1-10-6-11(4-5-12(10)17)9-19-14-7-13(18)15(20-2)8-16(14)21-3/h4-8,19H,9H2,1-3H3. The summed E-state index contributed by atoms with van der Waals surface area (Å²) < 4.78 is 11.7. The van der Waals surface area contributed by atoms with Crippen molar-refractivity contribution >= 4 is 33.2 Å². The van der Waals surface area contributed by atoms with Gasteiger partial charge in [0.2, 0.25) is 0 Å². The quantitative estimate of drug-likeness (QED) is 0.800. The van der Waals surface area contributed by atoms with Gasteiger partial charge in [0.05, 0.1) is 24.9 Å². The zero-order valence-electron chi connectivity index (χ0n) is 12.2. The van der Waals surface area contributed by atoms with E-state index in [0.29, 0.717) is 23.1 Å². The van der Waals surface area contributed by atoms with Gasteiger partial charge in [0, 0.05) is 17.1 Å². The Kier molecular flexibility index (Phi) is 5.37. The molecule has 0 aliphatic rings. The maximum absolute atomic E-state index is 6.16. The third-order valence-corrected chi connectivity index (χ3v) is 4.36. The fourth-order valence-corrected chi connectivity index (χ4v) is 2.50. The molecule has 0 bridgehead atoms. The third kappa shape index (κ3) is 3.83. The monoisotopic (exact) mass is 369 g/mol. The first-order valence-corrected chi connectivity index (χ1v) is 7.62. The van der Waals surface area contributed by atoms with Crippen LogP contribution in [0.3, 0.4) is 0 Å². The summed E-state index contributed by atoms with van der Waals surface area (Å²) in [5, 5.41) is 3.89. The molecule has 0 atom stereocenters. The van der Waals surface area contributed by atoms with Crippen molar-refractivity contribution in [3.8, 4) is 11.5 Å². The third-order valence-electron chi connectivity index (χ3n) is 3.18. The van der Waals surface area contributed by atoms with Crippen LogP contribution in [-0.4, -0.2) is 14.2 Å². The first-order valence-electron chi connectivity index (χ1n) is 6.45. The zero-order chi connectivity index (χ0) is 15.4. The lowest BCUT2D eigenvalue weighted by atomic mass is 10.1. The van der Waals surface area contributed by atoms with Crippen LogP contribution in [0.25, 0.3) is 0 Å². The van der Waals surface area contributed by atoms with Crippen LogP contribution < -0.4 is 14.8 Å². The van der Waals surface area contributed by atoms with Crippen molar-refractivity contribution in [3.05, 3.63) is 51.0 Å². The van der Waals surface area contributed by atoms with E-state index in [0.717, 1.165) is 10.2 Å². The summed E-state index contributed by atoms with van der Waals surface area (Å²) in [6.07, 6.45) is 0. The van der Waals surface area contributed by atoms with E-state index in [1.165, 1.54) is 11.1 Å². The van der Waals surface area contributed by atoms with E-state index in [1.54, 1.807) is 20.3 Å². The predicted octanol–water partition coefficient (Wildman–Crippen LogP) is 5.04. The van der Waals surface area contributed by atoms with Gasteiger partial charge in [0.1, 0.15) is 11.5 Å². The van der Waals surface area contributed by atoms with Crippen LogP contribution in [0.5, 0.6) is 11.5 Å². The average Bonchev–Trinajstić information content (AvgIpc) is 2.48. The highest BCUT2D eigenvalue weighted by Crippen LogP contribution is 2.36. The summed E-state index contributed by atoms with van der Waals surface area (Å²) >= 11 is 9.66. The first kappa shape index (κ1) is 16.0. The van der Waals surface area contributed by atoms with Gasteiger partial charge in [-0.15, -0.1) is 0 Å². The second-order valence-corrected chi connectivity index (χ2v) is 5.89. The predicted molar refractivity (Wildman–Crippen MR) is 90.8 cm³/mol. The topological polar surface area (TPSA) is 30.5 Å². The molecular formula is C16H17BrClNO2. The van der Waals surface area contributed by atoms with Gasteiger partial charge in [-0.25, -0.2) is 0 Å². The van der Waals surface area contributed by atoms with E-state index in [9.17, 15) is 0 Å². The van der Waals surface area contributed by atoms with Crippen LogP contribution in [-0.2, 0) is 6.54 Å². The molecule has 0 saturated heterocycles. The highest BCUT2D eigenvalue weighted by molar-refractivity contribution is 9.10. The lowest BCUT2D eigenvalue weighted by Gasteiger charge is -2.14. The summed E-state index contributed by atoms with van der Waals surface area (Å²) in [5.41, 5.74) is 3.22. The summed E-state index contributed by atoms with van der Waals surface area (Å²) in [7, 11) is 3.20. The zero-order valence-corrected chi connectivity index (χ0v) is 14.5. The Balaban J connectivity index is 2.19. The van der Waals surface area contributed by atoms with Gasteiger partial charge in [-0.2, -0.15) is 0 Å². The number of hydrogen-bond acceptors (Lipinski definition) is 3. The van der Waals surface area contributed by atoms with Gasteiger partial charge in [-0.3, -0.25) is 0 Å². The van der Waals surface area contributed by atoms with Crippen molar-refractivity contribution < 1.29 is 9.47 Å². The molecule has 2 aromatic carbocycles. The summed E-state index contributed by atoms with van der Waals surface area (Å²) in [6, 6.07) is 9.84. The van der Waals surface area contributed by atoms with Crippen molar-refractivity contribution in [1.82, 2.24) is 0 Å². The second kappa shape index (κ2) is 7.05. The smallest absolute Gasteiger partial charge is 0.145 e. The molecule has 0 amide bonds. The van der Waals surface area contributed by atoms with E-state index in [1.807, 2.05) is 12.1 Å². The van der Waals surface area contributed by atoms with Crippen LogP contribution in [0.4, 0.5) is 5.69 Å². The summed E-state index contributed by atoms with van der Waals surface area (Å²) in [4.78, 5) is 0. The number of rotatable bonds is 5. The van der Waals surface area contributed by atoms with Crippen molar-refractivity contribution in [2.75, 3.05) is 19.5 Å². The summed E-state index contributed by atoms with van der Waals surface area (Å²) in [5.74, 6) is 1.30. The molecule has 5 heteroatoms. The van der Waals surface area contributed by atoms with Crippen LogP contribution in [0.15, 0.2) is 34.8 Å². The van der Waals surface area contributed by atoms with E-state index < -0.39 is 0 Å². The summed E-state index contributed by atoms with van der Waals surface area (Å²) in [6.45, 7) is 2.76. The molecule has 0 aliphatic heterocycles. The molecular weight excluding hydrogens is 354 g/mol. The number of halogens is 2. The maximum atomic E-state index is 6.16. The first-order chi connectivity index (χ1) is 10.0. The Labute approximate surface area is 138 Å². The molecule has 112 valence electrons. The Bertz CT molecular complexity index is 646. The van der Waals surface area contributed by atoms with Crippen molar-refractivity contribution in [2.45, 2.75) is 13.5 Å². The highest BCUT2D eigenvalue weighted by Gasteiger charge is 2.09. The van der Waals surface area contributed by atoms with Gasteiger partial charge in [0.15, 0.2) is 0 Å². The minimum atomic E-state index is 0.549. The van der Waals surface area contributed by atoms with E-state index in [4.69, 9.17) is 21.1 Å². The number of methoxy groups -OCH3 is 2. The maximum Gasteiger partial charge on any atom is 0.145 e. The SMILES string of the molecule is COc1cc(OC)c(NCc2ccc(Br)c(C)c2)cc1Cl. The molecule has 0 radical (unpaired) electrons. The number of hydrogen-bond donors (Lipinski definition) is 1. The molecule has 2 aromatic rings. The Morgan fingerprint density at radius 3 is 2.43 bits per heavy atom. The fraction of sp³-hybridized carbons (Fsp3) is 0.250. The molecule has 2 rings (SSSR count). The van der Waals surface area contributed by atoms with E-state index in [2.05, 4.69) is 40.3 Å². The Hall–Kier alpha value is -1.39. The molecule has 1 N–H and O–H groups in total. The molecule has 3 nitrogen and oxygen atoms in total. The van der Waals surface area contributed by atoms with Gasteiger partial charge in [-0.05, 0) is 30.2 Å². The van der Waals surface area contributed by atoms with Crippen LogP contribution in [0, 0.1) is 6.92 Å². The number of nitrogens with one attached hydrogen (secondary N) is 1. The average molecular weight is 371 g/mol. The molecule has 0 unspecified atom stereocenters. The molecule has 0 aliphatic carbocycles. The lowest BCUT2D eigenvalue weighted by Crippen LogP contribution is -2.02. The Morgan fingerprint density at radius 2 is 1.81 bits per heavy atom. The van der Waals surface area contributed by atoms with Crippen molar-refractivity contribution in [2.24, 2.45) is 0 Å². The highest BCUT2D eigenvalue weighted by atomic mass is 79.9. The largest absolute Gasteiger partial charge is 0.495 e. The molecule has 21 heavy (non-hydrogen) atoms. The molecule has 0 spiro atoms. The molecule has 0 fully saturated rings. The van der Waals surface area contributed by atoms with Gasteiger partial charge in [-0.1, -0.05) is 39.7 Å². The van der Waals surface area contributed by atoms with Crippen LogP contribution in [0.1, 0.15) is 11.1 Å². The van der Waals surface area contributed by atoms with Crippen LogP contribution >= 0.6 is 27.5 Å². The van der Waals surface area contributed by atoms with Gasteiger partial charge < -0.3 is 14.8 Å². The number of benzene rings is 2. The minimum Gasteiger partial charge on any atom is -0.495 e. The normalized spacial score (nSPS) is 10.3.